The van der Waals surface area contributed by atoms with Gasteiger partial charge in [-0.3, -0.25) is 4.79 Å². The lowest BCUT2D eigenvalue weighted by atomic mass is 10.1. The first-order chi connectivity index (χ1) is 4.20. The summed E-state index contributed by atoms with van der Waals surface area (Å²) in [5, 5.41) is 11.2. The van der Waals surface area contributed by atoms with Crippen molar-refractivity contribution < 1.29 is 9.90 Å². The summed E-state index contributed by atoms with van der Waals surface area (Å²) in [6.45, 7) is 1.96. The van der Waals surface area contributed by atoms with Crippen LogP contribution < -0.4 is 5.32 Å². The number of hydrogen-bond acceptors (Lipinski definition) is 2. The highest BCUT2D eigenvalue weighted by Crippen LogP contribution is 1.94. The Labute approximate surface area is 55.1 Å². The molecule has 0 amide bonds. The van der Waals surface area contributed by atoms with E-state index in [4.69, 9.17) is 5.11 Å². The van der Waals surface area contributed by atoms with Crippen LogP contribution in [0, 0.1) is 0 Å². The van der Waals surface area contributed by atoms with E-state index in [1.54, 1.807) is 7.05 Å². The molecule has 0 rings (SSSR count). The molecular weight excluding hydrogens is 118 g/mol. The van der Waals surface area contributed by atoms with E-state index in [1.807, 2.05) is 6.92 Å². The molecule has 0 heterocycles. The molecule has 54 valence electrons. The van der Waals surface area contributed by atoms with Gasteiger partial charge in [0.2, 0.25) is 0 Å². The topological polar surface area (TPSA) is 49.3 Å². The van der Waals surface area contributed by atoms with Crippen molar-refractivity contribution in [2.24, 2.45) is 0 Å². The summed E-state index contributed by atoms with van der Waals surface area (Å²) in [4.78, 5) is 10.1. The van der Waals surface area contributed by atoms with Crippen molar-refractivity contribution in [3.05, 3.63) is 0 Å². The molecule has 3 nitrogen and oxygen atoms in total. The van der Waals surface area contributed by atoms with E-state index in [2.05, 4.69) is 5.32 Å². The summed E-state index contributed by atoms with van der Waals surface area (Å²) in [6.07, 6.45) is 1.08. The maximum Gasteiger partial charge on any atom is 0.304 e. The van der Waals surface area contributed by atoms with Crippen LogP contribution >= 0.6 is 0 Å². The van der Waals surface area contributed by atoms with Crippen LogP contribution in [0.15, 0.2) is 0 Å². The van der Waals surface area contributed by atoms with Gasteiger partial charge in [0, 0.05) is 6.04 Å². The first-order valence-corrected chi connectivity index (χ1v) is 3.09. The van der Waals surface area contributed by atoms with Crippen molar-refractivity contribution in [2.45, 2.75) is 25.8 Å². The lowest BCUT2D eigenvalue weighted by Gasteiger charge is -2.08. The third kappa shape index (κ3) is 3.97. The fraction of sp³-hybridized carbons (Fsp3) is 0.833. The minimum atomic E-state index is -0.740. The SMILES string of the molecule is CC[C@@H](CC(=O)O)NC. The van der Waals surface area contributed by atoms with Crippen LogP contribution in [0.4, 0.5) is 0 Å². The lowest BCUT2D eigenvalue weighted by Crippen LogP contribution is -2.26. The van der Waals surface area contributed by atoms with E-state index in [0.29, 0.717) is 0 Å². The van der Waals surface area contributed by atoms with Gasteiger partial charge >= 0.3 is 5.97 Å². The Hall–Kier alpha value is -0.570. The molecule has 1 atom stereocenters. The highest BCUT2D eigenvalue weighted by atomic mass is 16.4. The van der Waals surface area contributed by atoms with E-state index in [-0.39, 0.29) is 12.5 Å². The largest absolute Gasteiger partial charge is 0.481 e. The van der Waals surface area contributed by atoms with Gasteiger partial charge in [0.15, 0.2) is 0 Å². The van der Waals surface area contributed by atoms with Gasteiger partial charge < -0.3 is 10.4 Å². The Kier molecular flexibility index (Phi) is 4.05. The molecule has 2 N–H and O–H groups in total. The maximum atomic E-state index is 10.1. The Balaban J connectivity index is 3.43. The second kappa shape index (κ2) is 4.32. The van der Waals surface area contributed by atoms with Gasteiger partial charge in [-0.15, -0.1) is 0 Å². The van der Waals surface area contributed by atoms with Gasteiger partial charge in [-0.1, -0.05) is 6.92 Å². The van der Waals surface area contributed by atoms with Crippen molar-refractivity contribution in [3.8, 4) is 0 Å². The van der Waals surface area contributed by atoms with Crippen molar-refractivity contribution in [1.82, 2.24) is 5.32 Å². The van der Waals surface area contributed by atoms with E-state index in [9.17, 15) is 4.79 Å². The summed E-state index contributed by atoms with van der Waals surface area (Å²) < 4.78 is 0. The molecule has 0 saturated carbocycles. The fourth-order valence-corrected chi connectivity index (χ4v) is 0.661. The maximum absolute atomic E-state index is 10.1. The third-order valence-corrected chi connectivity index (χ3v) is 1.32. The predicted molar refractivity (Wildman–Crippen MR) is 35.4 cm³/mol. The van der Waals surface area contributed by atoms with Crippen LogP contribution in [0.2, 0.25) is 0 Å². The van der Waals surface area contributed by atoms with Gasteiger partial charge in [0.25, 0.3) is 0 Å². The molecule has 0 aromatic rings. The molecule has 0 aliphatic heterocycles. The summed E-state index contributed by atoms with van der Waals surface area (Å²) in [5.41, 5.74) is 0. The van der Waals surface area contributed by atoms with Gasteiger partial charge in [-0.05, 0) is 13.5 Å². The molecule has 9 heavy (non-hydrogen) atoms. The molecule has 0 radical (unpaired) electrons. The monoisotopic (exact) mass is 131 g/mol. The van der Waals surface area contributed by atoms with Crippen LogP contribution in [-0.2, 0) is 4.79 Å². The Bertz CT molecular complexity index is 89.1. The summed E-state index contributed by atoms with van der Waals surface area (Å²) in [6, 6.07) is 0.127. The van der Waals surface area contributed by atoms with Crippen molar-refractivity contribution in [1.29, 1.82) is 0 Å². The molecule has 3 heteroatoms. The van der Waals surface area contributed by atoms with Crippen molar-refractivity contribution >= 4 is 5.97 Å². The highest BCUT2D eigenvalue weighted by molar-refractivity contribution is 5.67. The molecule has 0 unspecified atom stereocenters. The fourth-order valence-electron chi connectivity index (χ4n) is 0.661. The van der Waals surface area contributed by atoms with E-state index < -0.39 is 5.97 Å². The molecule has 0 aliphatic rings. The quantitative estimate of drug-likeness (QED) is 0.582. The average molecular weight is 131 g/mol. The molecular formula is C6H13NO2. The normalized spacial score (nSPS) is 13.1. The van der Waals surface area contributed by atoms with Gasteiger partial charge in [0.05, 0.1) is 6.42 Å². The number of aliphatic carboxylic acids is 1. The van der Waals surface area contributed by atoms with Crippen LogP contribution in [0.1, 0.15) is 19.8 Å². The zero-order valence-corrected chi connectivity index (χ0v) is 5.85. The summed E-state index contributed by atoms with van der Waals surface area (Å²) in [7, 11) is 1.77. The van der Waals surface area contributed by atoms with Crippen LogP contribution in [0.3, 0.4) is 0 Å². The molecule has 0 aromatic heterocycles. The first kappa shape index (κ1) is 8.43. The van der Waals surface area contributed by atoms with Gasteiger partial charge in [-0.2, -0.15) is 0 Å². The summed E-state index contributed by atoms with van der Waals surface area (Å²) in [5.74, 6) is -0.740. The van der Waals surface area contributed by atoms with E-state index in [0.717, 1.165) is 6.42 Å². The number of carbonyl (C=O) groups is 1. The molecule has 0 aliphatic carbocycles. The lowest BCUT2D eigenvalue weighted by molar-refractivity contribution is -0.137. The first-order valence-electron chi connectivity index (χ1n) is 3.09. The molecule has 0 bridgehead atoms. The Morgan fingerprint density at radius 3 is 2.44 bits per heavy atom. The van der Waals surface area contributed by atoms with E-state index >= 15 is 0 Å². The molecule has 0 aromatic carbocycles. The zero-order chi connectivity index (χ0) is 7.28. The van der Waals surface area contributed by atoms with Gasteiger partial charge in [0.1, 0.15) is 0 Å². The number of carboxylic acid groups (broad SMARTS) is 1. The second-order valence-corrected chi connectivity index (χ2v) is 1.99. The zero-order valence-electron chi connectivity index (χ0n) is 5.85. The minimum absolute atomic E-state index is 0.127. The molecule has 0 saturated heterocycles. The van der Waals surface area contributed by atoms with Crippen molar-refractivity contribution in [2.75, 3.05) is 7.05 Å². The Morgan fingerprint density at radius 2 is 2.33 bits per heavy atom. The van der Waals surface area contributed by atoms with E-state index in [1.165, 1.54) is 0 Å². The second-order valence-electron chi connectivity index (χ2n) is 1.99. The van der Waals surface area contributed by atoms with Crippen LogP contribution in [0.25, 0.3) is 0 Å². The number of carboxylic acids is 1. The average Bonchev–Trinajstić information content (AvgIpc) is 1.82. The van der Waals surface area contributed by atoms with Crippen LogP contribution in [0.5, 0.6) is 0 Å². The molecule has 0 fully saturated rings. The Morgan fingerprint density at radius 1 is 1.78 bits per heavy atom. The standard InChI is InChI=1S/C6H13NO2/c1-3-5(7-2)4-6(8)9/h5,7H,3-4H2,1-2H3,(H,8,9)/t5-/m0/s1. The number of hydrogen-bond donors (Lipinski definition) is 2. The van der Waals surface area contributed by atoms with Gasteiger partial charge in [-0.25, -0.2) is 0 Å². The highest BCUT2D eigenvalue weighted by Gasteiger charge is 2.06. The third-order valence-electron chi connectivity index (χ3n) is 1.32. The minimum Gasteiger partial charge on any atom is -0.481 e. The predicted octanol–water partition coefficient (Wildman–Crippen LogP) is 0.459. The molecule has 0 spiro atoms. The summed E-state index contributed by atoms with van der Waals surface area (Å²) >= 11 is 0. The number of rotatable bonds is 4. The smallest absolute Gasteiger partial charge is 0.304 e. The van der Waals surface area contributed by atoms with Crippen molar-refractivity contribution in [3.63, 3.8) is 0 Å². The number of nitrogens with one attached hydrogen (secondary N) is 1. The van der Waals surface area contributed by atoms with Crippen LogP contribution in [-0.4, -0.2) is 24.2 Å².